The van der Waals surface area contributed by atoms with E-state index in [4.69, 9.17) is 5.26 Å². The van der Waals surface area contributed by atoms with E-state index in [2.05, 4.69) is 10.6 Å². The number of nitriles is 1. The lowest BCUT2D eigenvalue weighted by Crippen LogP contribution is -2.49. The summed E-state index contributed by atoms with van der Waals surface area (Å²) >= 11 is 0. The molecule has 116 valence electrons. The zero-order valence-electron chi connectivity index (χ0n) is 12.4. The van der Waals surface area contributed by atoms with Gasteiger partial charge in [0.2, 0.25) is 11.8 Å². The molecule has 1 aliphatic carbocycles. The summed E-state index contributed by atoms with van der Waals surface area (Å²) in [6.45, 7) is 1.77. The average molecular weight is 301 g/mol. The number of aromatic hydroxyl groups is 1. The minimum absolute atomic E-state index is 0.0992. The summed E-state index contributed by atoms with van der Waals surface area (Å²) in [5.74, 6) is -0.376. The van der Waals surface area contributed by atoms with Crippen molar-refractivity contribution in [2.24, 2.45) is 5.41 Å². The highest BCUT2D eigenvalue weighted by Gasteiger charge is 2.45. The van der Waals surface area contributed by atoms with Crippen LogP contribution in [0.5, 0.6) is 5.75 Å². The summed E-state index contributed by atoms with van der Waals surface area (Å²) in [6, 6.07) is 7.57. The largest absolute Gasteiger partial charge is 0.508 e. The highest BCUT2D eigenvalue weighted by atomic mass is 16.3. The highest BCUT2D eigenvalue weighted by molar-refractivity contribution is 5.91. The van der Waals surface area contributed by atoms with Crippen molar-refractivity contribution in [3.63, 3.8) is 0 Å². The maximum absolute atomic E-state index is 12.2. The maximum atomic E-state index is 12.2. The van der Waals surface area contributed by atoms with Crippen molar-refractivity contribution in [2.75, 3.05) is 6.54 Å². The van der Waals surface area contributed by atoms with Crippen molar-refractivity contribution in [3.05, 3.63) is 29.8 Å². The van der Waals surface area contributed by atoms with Gasteiger partial charge in [0.25, 0.3) is 0 Å². The lowest BCUT2D eigenvalue weighted by Gasteiger charge is -2.20. The number of hydrogen-bond donors (Lipinski definition) is 3. The number of hydrogen-bond acceptors (Lipinski definition) is 4. The predicted molar refractivity (Wildman–Crippen MR) is 79.7 cm³/mol. The van der Waals surface area contributed by atoms with Crippen molar-refractivity contribution in [1.82, 2.24) is 10.6 Å². The third-order valence-corrected chi connectivity index (χ3v) is 3.89. The summed E-state index contributed by atoms with van der Waals surface area (Å²) in [5, 5.41) is 23.1. The number of carbonyl (C=O) groups is 2. The Kier molecular flexibility index (Phi) is 4.66. The van der Waals surface area contributed by atoms with Crippen LogP contribution in [0.25, 0.3) is 0 Å². The Morgan fingerprint density at radius 2 is 2.00 bits per heavy atom. The lowest BCUT2D eigenvalue weighted by atomic mass is 10.0. The molecular formula is C16H19N3O3. The molecule has 1 aromatic rings. The molecule has 0 saturated heterocycles. The predicted octanol–water partition coefficient (Wildman–Crippen LogP) is 0.859. The van der Waals surface area contributed by atoms with Gasteiger partial charge in [0.05, 0.1) is 6.07 Å². The second-order valence-electron chi connectivity index (χ2n) is 5.83. The van der Waals surface area contributed by atoms with E-state index in [9.17, 15) is 14.7 Å². The molecule has 0 spiro atoms. The maximum Gasteiger partial charge on any atom is 0.243 e. The Morgan fingerprint density at radius 1 is 1.36 bits per heavy atom. The van der Waals surface area contributed by atoms with Gasteiger partial charge in [-0.1, -0.05) is 19.1 Å². The van der Waals surface area contributed by atoms with E-state index in [1.165, 1.54) is 12.1 Å². The molecular weight excluding hydrogens is 282 g/mol. The van der Waals surface area contributed by atoms with Gasteiger partial charge < -0.3 is 15.7 Å². The SMILES string of the molecule is CC1(C(=O)NC(Cc2ccc(O)cc2)C(=O)NCC#N)CC1. The fraction of sp³-hybridized carbons (Fsp3) is 0.438. The number of phenols is 1. The number of carbonyl (C=O) groups excluding carboxylic acids is 2. The Hall–Kier alpha value is -2.55. The van der Waals surface area contributed by atoms with Crippen LogP contribution in [-0.4, -0.2) is 29.5 Å². The second kappa shape index (κ2) is 6.48. The van der Waals surface area contributed by atoms with E-state index in [1.54, 1.807) is 12.1 Å². The second-order valence-corrected chi connectivity index (χ2v) is 5.83. The van der Waals surface area contributed by atoms with Gasteiger partial charge in [-0.25, -0.2) is 0 Å². The standard InChI is InChI=1S/C16H19N3O3/c1-16(6-7-16)15(22)19-13(14(21)18-9-8-17)10-11-2-4-12(20)5-3-11/h2-5,13,20H,6-7,9-10H2,1H3,(H,18,21)(H,19,22). The molecule has 1 aliphatic rings. The molecule has 2 amide bonds. The first-order chi connectivity index (χ1) is 10.4. The summed E-state index contributed by atoms with van der Waals surface area (Å²) in [7, 11) is 0. The molecule has 0 heterocycles. The number of rotatable bonds is 6. The van der Waals surface area contributed by atoms with Gasteiger partial charge in [-0.3, -0.25) is 9.59 Å². The molecule has 2 rings (SSSR count). The number of nitrogens with one attached hydrogen (secondary N) is 2. The Labute approximate surface area is 129 Å². The zero-order valence-corrected chi connectivity index (χ0v) is 12.4. The number of benzene rings is 1. The van der Waals surface area contributed by atoms with Gasteiger partial charge >= 0.3 is 0 Å². The molecule has 6 heteroatoms. The first-order valence-electron chi connectivity index (χ1n) is 7.18. The van der Waals surface area contributed by atoms with Crippen molar-refractivity contribution >= 4 is 11.8 Å². The van der Waals surface area contributed by atoms with Crippen molar-refractivity contribution in [1.29, 1.82) is 5.26 Å². The van der Waals surface area contributed by atoms with E-state index in [0.29, 0.717) is 6.42 Å². The van der Waals surface area contributed by atoms with Crippen molar-refractivity contribution in [2.45, 2.75) is 32.2 Å². The Morgan fingerprint density at radius 3 is 2.55 bits per heavy atom. The molecule has 22 heavy (non-hydrogen) atoms. The van der Waals surface area contributed by atoms with Gasteiger partial charge in [-0.05, 0) is 30.5 Å². The van der Waals surface area contributed by atoms with Crippen LogP contribution >= 0.6 is 0 Å². The molecule has 1 atom stereocenters. The fourth-order valence-corrected chi connectivity index (χ4v) is 2.07. The van der Waals surface area contributed by atoms with E-state index in [1.807, 2.05) is 13.0 Å². The third kappa shape index (κ3) is 3.98. The third-order valence-electron chi connectivity index (χ3n) is 3.89. The van der Waals surface area contributed by atoms with Crippen LogP contribution < -0.4 is 10.6 Å². The first kappa shape index (κ1) is 15.8. The summed E-state index contributed by atoms with van der Waals surface area (Å²) in [5.41, 5.74) is 0.444. The van der Waals surface area contributed by atoms with Crippen LogP contribution in [0.15, 0.2) is 24.3 Å². The summed E-state index contributed by atoms with van der Waals surface area (Å²) < 4.78 is 0. The van der Waals surface area contributed by atoms with E-state index >= 15 is 0 Å². The lowest BCUT2D eigenvalue weighted by molar-refractivity contribution is -0.131. The van der Waals surface area contributed by atoms with E-state index in [-0.39, 0.29) is 29.5 Å². The summed E-state index contributed by atoms with van der Waals surface area (Å²) in [4.78, 5) is 24.3. The topological polar surface area (TPSA) is 102 Å². The molecule has 0 aliphatic heterocycles. The van der Waals surface area contributed by atoms with Gasteiger partial charge in [0.1, 0.15) is 18.3 Å². The highest BCUT2D eigenvalue weighted by Crippen LogP contribution is 2.45. The van der Waals surface area contributed by atoms with Gasteiger partial charge in [0.15, 0.2) is 0 Å². The molecule has 0 radical (unpaired) electrons. The molecule has 1 unspecified atom stereocenters. The Balaban J connectivity index is 2.06. The monoisotopic (exact) mass is 301 g/mol. The molecule has 1 aromatic carbocycles. The van der Waals surface area contributed by atoms with Crippen LogP contribution in [0.2, 0.25) is 0 Å². The molecule has 1 fully saturated rings. The summed E-state index contributed by atoms with van der Waals surface area (Å²) in [6.07, 6.45) is 1.95. The average Bonchev–Trinajstić information content (AvgIpc) is 3.25. The number of phenolic OH excluding ortho intramolecular Hbond substituents is 1. The first-order valence-corrected chi connectivity index (χ1v) is 7.18. The van der Waals surface area contributed by atoms with Crippen molar-refractivity contribution in [3.8, 4) is 11.8 Å². The normalized spacial score (nSPS) is 16.2. The molecule has 0 aromatic heterocycles. The van der Waals surface area contributed by atoms with Crippen molar-refractivity contribution < 1.29 is 14.7 Å². The molecule has 0 bridgehead atoms. The minimum atomic E-state index is -0.734. The number of amides is 2. The van der Waals surface area contributed by atoms with Crippen LogP contribution in [0.3, 0.4) is 0 Å². The molecule has 1 saturated carbocycles. The minimum Gasteiger partial charge on any atom is -0.508 e. The van der Waals surface area contributed by atoms with Gasteiger partial charge in [0, 0.05) is 11.8 Å². The quantitative estimate of drug-likeness (QED) is 0.678. The van der Waals surface area contributed by atoms with Crippen LogP contribution in [0.1, 0.15) is 25.3 Å². The number of nitrogens with zero attached hydrogens (tertiary/aromatic N) is 1. The van der Waals surface area contributed by atoms with Crippen LogP contribution in [-0.2, 0) is 16.0 Å². The van der Waals surface area contributed by atoms with Crippen LogP contribution in [0, 0.1) is 16.7 Å². The molecule has 6 nitrogen and oxygen atoms in total. The van der Waals surface area contributed by atoms with Gasteiger partial charge in [-0.2, -0.15) is 5.26 Å². The molecule has 3 N–H and O–H groups in total. The van der Waals surface area contributed by atoms with Crippen LogP contribution in [0.4, 0.5) is 0 Å². The fourth-order valence-electron chi connectivity index (χ4n) is 2.07. The Bertz CT molecular complexity index is 600. The van der Waals surface area contributed by atoms with E-state index in [0.717, 1.165) is 18.4 Å². The van der Waals surface area contributed by atoms with E-state index < -0.39 is 6.04 Å². The zero-order chi connectivity index (χ0) is 16.2. The smallest absolute Gasteiger partial charge is 0.243 e. The van der Waals surface area contributed by atoms with Gasteiger partial charge in [-0.15, -0.1) is 0 Å².